The highest BCUT2D eigenvalue weighted by atomic mass is 32.2. The molecule has 176 valence electrons. The van der Waals surface area contributed by atoms with E-state index in [1.165, 1.54) is 11.8 Å². The zero-order chi connectivity index (χ0) is 24.5. The molecule has 0 unspecified atom stereocenters. The predicted molar refractivity (Wildman–Crippen MR) is 141 cm³/mol. The summed E-state index contributed by atoms with van der Waals surface area (Å²) in [4.78, 5) is 28.5. The summed E-state index contributed by atoms with van der Waals surface area (Å²) >= 11 is 1.31. The number of carbonyl (C=O) groups is 1. The number of amides is 1. The summed E-state index contributed by atoms with van der Waals surface area (Å²) in [5.41, 5.74) is 3.22. The predicted octanol–water partition coefficient (Wildman–Crippen LogP) is 4.88. The molecule has 0 radical (unpaired) electrons. The molecule has 0 aliphatic heterocycles. The first-order chi connectivity index (χ1) is 17.0. The zero-order valence-corrected chi connectivity index (χ0v) is 20.6. The fraction of sp³-hybridized carbons (Fsp3) is 0.185. The first kappa shape index (κ1) is 22.9. The van der Waals surface area contributed by atoms with E-state index in [-0.39, 0.29) is 23.3 Å². The number of para-hydroxylation sites is 2. The van der Waals surface area contributed by atoms with Crippen molar-refractivity contribution in [2.75, 3.05) is 10.7 Å². The van der Waals surface area contributed by atoms with Gasteiger partial charge in [-0.2, -0.15) is 0 Å². The molecule has 0 bridgehead atoms. The Labute approximate surface area is 207 Å². The Balaban J connectivity index is 1.58. The summed E-state index contributed by atoms with van der Waals surface area (Å²) in [6.45, 7) is 5.99. The molecule has 0 aliphatic carbocycles. The van der Waals surface area contributed by atoms with Crippen LogP contribution in [0.4, 0.5) is 5.69 Å². The Kier molecular flexibility index (Phi) is 6.13. The van der Waals surface area contributed by atoms with Gasteiger partial charge in [-0.25, -0.2) is 4.57 Å². The van der Waals surface area contributed by atoms with E-state index < -0.39 is 0 Å². The highest BCUT2D eigenvalue weighted by Crippen LogP contribution is 2.25. The number of rotatable bonds is 6. The molecule has 0 atom stereocenters. The van der Waals surface area contributed by atoms with Crippen LogP contribution in [0.15, 0.2) is 88.8 Å². The molecule has 0 fully saturated rings. The maximum atomic E-state index is 13.4. The number of fused-ring (bicyclic) bond motifs is 3. The Morgan fingerprint density at radius 3 is 2.34 bits per heavy atom. The Morgan fingerprint density at radius 2 is 1.63 bits per heavy atom. The number of benzene rings is 3. The minimum Gasteiger partial charge on any atom is -0.309 e. The molecule has 0 saturated carbocycles. The molecule has 3 aromatic carbocycles. The number of carbonyl (C=O) groups excluding carboxylic acids is 1. The van der Waals surface area contributed by atoms with Gasteiger partial charge in [-0.05, 0) is 57.2 Å². The summed E-state index contributed by atoms with van der Waals surface area (Å²) in [6.07, 6.45) is 0. The highest BCUT2D eigenvalue weighted by Gasteiger charge is 2.22. The second-order valence-electron chi connectivity index (χ2n) is 8.59. The average Bonchev–Trinajstić information content (AvgIpc) is 3.28. The van der Waals surface area contributed by atoms with Gasteiger partial charge in [-0.1, -0.05) is 59.8 Å². The van der Waals surface area contributed by atoms with E-state index in [4.69, 9.17) is 0 Å². The third-order valence-electron chi connectivity index (χ3n) is 5.83. The van der Waals surface area contributed by atoms with E-state index in [0.29, 0.717) is 27.5 Å². The van der Waals surface area contributed by atoms with Gasteiger partial charge in [0.2, 0.25) is 11.7 Å². The summed E-state index contributed by atoms with van der Waals surface area (Å²) in [5, 5.41) is 9.87. The van der Waals surface area contributed by atoms with Crippen molar-refractivity contribution in [3.05, 3.63) is 94.8 Å². The zero-order valence-electron chi connectivity index (χ0n) is 19.8. The molecule has 5 rings (SSSR count). The maximum Gasteiger partial charge on any atom is 0.267 e. The Bertz CT molecular complexity index is 1570. The molecule has 5 aromatic rings. The number of anilines is 1. The second-order valence-corrected chi connectivity index (χ2v) is 9.54. The standard InChI is InChI=1S/C27H25N5O2S/c1-18(2)30(20-9-5-4-6-10-20)24(33)17-35-27-29-28-26-31(21-15-13-19(3)14-16-21)25(34)22-11-7-8-12-23(22)32(26)27/h4-16,18H,17H2,1-3H3. The number of thioether (sulfide) groups is 1. The third-order valence-corrected chi connectivity index (χ3v) is 6.74. The molecule has 1 amide bonds. The van der Waals surface area contributed by atoms with Crippen LogP contribution in [0.25, 0.3) is 22.4 Å². The lowest BCUT2D eigenvalue weighted by Crippen LogP contribution is -2.38. The van der Waals surface area contributed by atoms with Gasteiger partial charge in [0.05, 0.1) is 22.3 Å². The first-order valence-electron chi connectivity index (χ1n) is 11.4. The molecule has 0 N–H and O–H groups in total. The minimum atomic E-state index is -0.160. The van der Waals surface area contributed by atoms with Crippen molar-refractivity contribution in [3.8, 4) is 5.69 Å². The Hall–Kier alpha value is -3.91. The van der Waals surface area contributed by atoms with Crippen LogP contribution in [0, 0.1) is 6.92 Å². The van der Waals surface area contributed by atoms with Crippen molar-refractivity contribution < 1.29 is 4.79 Å². The lowest BCUT2D eigenvalue weighted by molar-refractivity contribution is -0.116. The van der Waals surface area contributed by atoms with Crippen LogP contribution in [0.3, 0.4) is 0 Å². The van der Waals surface area contributed by atoms with Crippen molar-refractivity contribution in [3.63, 3.8) is 0 Å². The van der Waals surface area contributed by atoms with Crippen LogP contribution in [0.2, 0.25) is 0 Å². The largest absolute Gasteiger partial charge is 0.309 e. The quantitative estimate of drug-likeness (QED) is 0.322. The van der Waals surface area contributed by atoms with Crippen LogP contribution in [-0.4, -0.2) is 36.9 Å². The molecule has 35 heavy (non-hydrogen) atoms. The smallest absolute Gasteiger partial charge is 0.267 e. The number of aryl methyl sites for hydroxylation is 1. The van der Waals surface area contributed by atoms with Crippen molar-refractivity contribution in [1.29, 1.82) is 0 Å². The van der Waals surface area contributed by atoms with Crippen LogP contribution >= 0.6 is 11.8 Å². The van der Waals surface area contributed by atoms with Crippen LogP contribution in [0.1, 0.15) is 19.4 Å². The molecular weight excluding hydrogens is 458 g/mol. The molecular formula is C27H25N5O2S. The molecule has 2 aromatic heterocycles. The number of aromatic nitrogens is 4. The molecule has 2 heterocycles. The molecule has 0 aliphatic rings. The molecule has 0 saturated heterocycles. The van der Waals surface area contributed by atoms with Crippen molar-refractivity contribution in [1.82, 2.24) is 19.2 Å². The van der Waals surface area contributed by atoms with Crippen molar-refractivity contribution >= 4 is 40.0 Å². The van der Waals surface area contributed by atoms with Gasteiger partial charge in [-0.3, -0.25) is 14.0 Å². The van der Waals surface area contributed by atoms with Gasteiger partial charge in [0, 0.05) is 11.7 Å². The van der Waals surface area contributed by atoms with Crippen LogP contribution in [-0.2, 0) is 4.79 Å². The monoisotopic (exact) mass is 483 g/mol. The van der Waals surface area contributed by atoms with Crippen molar-refractivity contribution in [2.45, 2.75) is 32.0 Å². The van der Waals surface area contributed by atoms with E-state index in [2.05, 4.69) is 10.2 Å². The lowest BCUT2D eigenvalue weighted by atomic mass is 10.2. The molecule has 0 spiro atoms. The van der Waals surface area contributed by atoms with E-state index in [1.807, 2.05) is 98.0 Å². The maximum absolute atomic E-state index is 13.4. The summed E-state index contributed by atoms with van der Waals surface area (Å²) in [5.74, 6) is 0.576. The molecule has 8 heteroatoms. The van der Waals surface area contributed by atoms with Gasteiger partial charge in [0.15, 0.2) is 5.16 Å². The third kappa shape index (κ3) is 4.21. The fourth-order valence-electron chi connectivity index (χ4n) is 4.21. The fourth-order valence-corrected chi connectivity index (χ4v) is 5.01. The average molecular weight is 484 g/mol. The van der Waals surface area contributed by atoms with Gasteiger partial charge < -0.3 is 4.90 Å². The van der Waals surface area contributed by atoms with Gasteiger partial charge in [-0.15, -0.1) is 10.2 Å². The second kappa shape index (κ2) is 9.38. The van der Waals surface area contributed by atoms with Gasteiger partial charge in [0.1, 0.15) is 0 Å². The van der Waals surface area contributed by atoms with E-state index in [0.717, 1.165) is 11.3 Å². The SMILES string of the molecule is Cc1ccc(-n2c(=O)c3ccccc3n3c(SCC(=O)N(c4ccccc4)C(C)C)nnc23)cc1. The van der Waals surface area contributed by atoms with Gasteiger partial charge in [0.25, 0.3) is 5.56 Å². The lowest BCUT2D eigenvalue weighted by Gasteiger charge is -2.26. The van der Waals surface area contributed by atoms with E-state index in [9.17, 15) is 9.59 Å². The summed E-state index contributed by atoms with van der Waals surface area (Å²) < 4.78 is 3.43. The van der Waals surface area contributed by atoms with Crippen LogP contribution in [0.5, 0.6) is 0 Å². The van der Waals surface area contributed by atoms with E-state index >= 15 is 0 Å². The van der Waals surface area contributed by atoms with E-state index in [1.54, 1.807) is 15.5 Å². The van der Waals surface area contributed by atoms with Crippen LogP contribution < -0.4 is 10.5 Å². The highest BCUT2D eigenvalue weighted by molar-refractivity contribution is 7.99. The minimum absolute atomic E-state index is 0.00758. The topological polar surface area (TPSA) is 72.5 Å². The Morgan fingerprint density at radius 1 is 0.943 bits per heavy atom. The summed E-state index contributed by atoms with van der Waals surface area (Å²) in [6, 6.07) is 24.8. The number of hydrogen-bond acceptors (Lipinski definition) is 5. The van der Waals surface area contributed by atoms with Gasteiger partial charge >= 0.3 is 0 Å². The normalized spacial score (nSPS) is 11.4. The molecule has 7 nitrogen and oxygen atoms in total. The number of hydrogen-bond donors (Lipinski definition) is 0. The summed E-state index contributed by atoms with van der Waals surface area (Å²) in [7, 11) is 0. The number of nitrogens with zero attached hydrogens (tertiary/aromatic N) is 5. The van der Waals surface area contributed by atoms with Crippen molar-refractivity contribution in [2.24, 2.45) is 0 Å². The first-order valence-corrected chi connectivity index (χ1v) is 12.4.